The van der Waals surface area contributed by atoms with Gasteiger partial charge in [0.25, 0.3) is 11.5 Å². The SMILES string of the molecule is Cc1cc(C)cc(NC(=O)c2c[nH]c(=O)n(Cc3ccco3)c2=O)c1. The third-order valence-electron chi connectivity index (χ3n) is 3.68. The number of amides is 1. The predicted molar refractivity (Wildman–Crippen MR) is 93.0 cm³/mol. The maximum absolute atomic E-state index is 12.5. The predicted octanol–water partition coefficient (Wildman–Crippen LogP) is 2.05. The number of nitrogens with one attached hydrogen (secondary N) is 2. The van der Waals surface area contributed by atoms with E-state index in [1.54, 1.807) is 24.3 Å². The van der Waals surface area contributed by atoms with E-state index < -0.39 is 17.2 Å². The molecule has 2 heterocycles. The van der Waals surface area contributed by atoms with Gasteiger partial charge < -0.3 is 14.7 Å². The smallest absolute Gasteiger partial charge is 0.328 e. The van der Waals surface area contributed by atoms with E-state index in [-0.39, 0.29) is 12.1 Å². The van der Waals surface area contributed by atoms with Crippen LogP contribution in [0, 0.1) is 13.8 Å². The number of anilines is 1. The van der Waals surface area contributed by atoms with Crippen molar-refractivity contribution in [2.75, 3.05) is 5.32 Å². The number of nitrogens with zero attached hydrogens (tertiary/aromatic N) is 1. The van der Waals surface area contributed by atoms with Crippen molar-refractivity contribution >= 4 is 11.6 Å². The molecular weight excluding hydrogens is 322 g/mol. The van der Waals surface area contributed by atoms with Gasteiger partial charge in [0.15, 0.2) is 0 Å². The molecule has 25 heavy (non-hydrogen) atoms. The topological polar surface area (TPSA) is 97.1 Å². The molecular formula is C18H17N3O4. The highest BCUT2D eigenvalue weighted by atomic mass is 16.3. The van der Waals surface area contributed by atoms with Gasteiger partial charge >= 0.3 is 5.69 Å². The first-order chi connectivity index (χ1) is 11.9. The molecule has 128 valence electrons. The second kappa shape index (κ2) is 6.64. The maximum Gasteiger partial charge on any atom is 0.328 e. The molecule has 0 atom stereocenters. The van der Waals surface area contributed by atoms with Gasteiger partial charge in [-0.3, -0.25) is 14.2 Å². The molecule has 0 radical (unpaired) electrons. The Labute approximate surface area is 142 Å². The van der Waals surface area contributed by atoms with Gasteiger partial charge in [0.2, 0.25) is 0 Å². The van der Waals surface area contributed by atoms with Gasteiger partial charge in [0.1, 0.15) is 11.3 Å². The Morgan fingerprint density at radius 2 is 1.92 bits per heavy atom. The summed E-state index contributed by atoms with van der Waals surface area (Å²) in [5.74, 6) is -0.140. The second-order valence-electron chi connectivity index (χ2n) is 5.81. The molecule has 0 spiro atoms. The lowest BCUT2D eigenvalue weighted by Crippen LogP contribution is -2.39. The van der Waals surface area contributed by atoms with Crippen molar-refractivity contribution in [3.8, 4) is 0 Å². The molecule has 0 saturated heterocycles. The molecule has 3 aromatic rings. The monoisotopic (exact) mass is 339 g/mol. The molecule has 0 aliphatic heterocycles. The lowest BCUT2D eigenvalue weighted by molar-refractivity contribution is 0.102. The van der Waals surface area contributed by atoms with Crippen molar-refractivity contribution in [3.05, 3.63) is 86.1 Å². The molecule has 3 rings (SSSR count). The van der Waals surface area contributed by atoms with Crippen molar-refractivity contribution in [1.82, 2.24) is 9.55 Å². The number of H-pyrrole nitrogens is 1. The summed E-state index contributed by atoms with van der Waals surface area (Å²) < 4.78 is 6.08. The van der Waals surface area contributed by atoms with Crippen molar-refractivity contribution < 1.29 is 9.21 Å². The van der Waals surface area contributed by atoms with Gasteiger partial charge in [-0.2, -0.15) is 0 Å². The number of benzene rings is 1. The molecule has 1 amide bonds. The van der Waals surface area contributed by atoms with Crippen molar-refractivity contribution in [2.45, 2.75) is 20.4 Å². The third-order valence-corrected chi connectivity index (χ3v) is 3.68. The summed E-state index contributed by atoms with van der Waals surface area (Å²) in [5.41, 5.74) is 1.14. The molecule has 2 aromatic heterocycles. The number of rotatable bonds is 4. The van der Waals surface area contributed by atoms with Gasteiger partial charge in [-0.1, -0.05) is 6.07 Å². The zero-order valence-electron chi connectivity index (χ0n) is 13.8. The van der Waals surface area contributed by atoms with Crippen molar-refractivity contribution in [3.63, 3.8) is 0 Å². The first-order valence-corrected chi connectivity index (χ1v) is 7.68. The van der Waals surface area contributed by atoms with Crippen LogP contribution in [0.5, 0.6) is 0 Å². The van der Waals surface area contributed by atoms with E-state index in [0.717, 1.165) is 21.9 Å². The minimum Gasteiger partial charge on any atom is -0.467 e. The largest absolute Gasteiger partial charge is 0.467 e. The molecule has 2 N–H and O–H groups in total. The van der Waals surface area contributed by atoms with Gasteiger partial charge in [0.05, 0.1) is 12.8 Å². The number of aryl methyl sites for hydroxylation is 2. The van der Waals surface area contributed by atoms with E-state index in [9.17, 15) is 14.4 Å². The average Bonchev–Trinajstić information content (AvgIpc) is 3.03. The van der Waals surface area contributed by atoms with Crippen LogP contribution >= 0.6 is 0 Å². The summed E-state index contributed by atoms with van der Waals surface area (Å²) in [6.45, 7) is 3.78. The molecule has 0 aliphatic carbocycles. The number of hydrogen-bond donors (Lipinski definition) is 2. The van der Waals surface area contributed by atoms with Crippen LogP contribution in [-0.2, 0) is 6.54 Å². The van der Waals surface area contributed by atoms with Crippen LogP contribution in [0.3, 0.4) is 0 Å². The van der Waals surface area contributed by atoms with E-state index in [4.69, 9.17) is 4.42 Å². The first kappa shape index (κ1) is 16.5. The zero-order chi connectivity index (χ0) is 18.0. The lowest BCUT2D eigenvalue weighted by Gasteiger charge is -2.09. The number of carbonyl (C=O) groups is 1. The Bertz CT molecular complexity index is 1010. The van der Waals surface area contributed by atoms with Crippen LogP contribution in [0.1, 0.15) is 27.2 Å². The quantitative estimate of drug-likeness (QED) is 0.760. The van der Waals surface area contributed by atoms with Crippen LogP contribution < -0.4 is 16.6 Å². The Kier molecular flexibility index (Phi) is 4.38. The standard InChI is InChI=1S/C18H17N3O4/c1-11-6-12(2)8-13(7-11)20-16(22)15-9-19-18(24)21(17(15)23)10-14-4-3-5-25-14/h3-9H,10H2,1-2H3,(H,19,24)(H,20,22). The number of aromatic nitrogens is 2. The minimum atomic E-state index is -0.679. The second-order valence-corrected chi connectivity index (χ2v) is 5.81. The average molecular weight is 339 g/mol. The van der Waals surface area contributed by atoms with Crippen LogP contribution in [-0.4, -0.2) is 15.5 Å². The Balaban J connectivity index is 1.93. The van der Waals surface area contributed by atoms with E-state index >= 15 is 0 Å². The summed E-state index contributed by atoms with van der Waals surface area (Å²) >= 11 is 0. The van der Waals surface area contributed by atoms with Crippen molar-refractivity contribution in [2.24, 2.45) is 0 Å². The molecule has 0 bridgehead atoms. The van der Waals surface area contributed by atoms with Gasteiger partial charge in [-0.25, -0.2) is 4.79 Å². The van der Waals surface area contributed by atoms with Crippen LogP contribution in [0.4, 0.5) is 5.69 Å². The Hall–Kier alpha value is -3.35. The number of carbonyl (C=O) groups excluding carboxylic acids is 1. The van der Waals surface area contributed by atoms with Gasteiger partial charge in [-0.15, -0.1) is 0 Å². The molecule has 0 fully saturated rings. The fourth-order valence-corrected chi connectivity index (χ4v) is 2.62. The Morgan fingerprint density at radius 3 is 2.56 bits per heavy atom. The molecule has 7 nitrogen and oxygen atoms in total. The van der Waals surface area contributed by atoms with Crippen LogP contribution in [0.2, 0.25) is 0 Å². The highest BCUT2D eigenvalue weighted by molar-refractivity contribution is 6.03. The highest BCUT2D eigenvalue weighted by Crippen LogP contribution is 2.14. The van der Waals surface area contributed by atoms with E-state index in [1.165, 1.54) is 6.26 Å². The van der Waals surface area contributed by atoms with E-state index in [0.29, 0.717) is 11.4 Å². The summed E-state index contributed by atoms with van der Waals surface area (Å²) in [7, 11) is 0. The van der Waals surface area contributed by atoms with Gasteiger partial charge in [0, 0.05) is 11.9 Å². The van der Waals surface area contributed by atoms with Crippen LogP contribution in [0.15, 0.2) is 56.8 Å². The number of hydrogen-bond acceptors (Lipinski definition) is 4. The fraction of sp³-hybridized carbons (Fsp3) is 0.167. The molecule has 0 saturated carbocycles. The van der Waals surface area contributed by atoms with Gasteiger partial charge in [-0.05, 0) is 49.2 Å². The lowest BCUT2D eigenvalue weighted by atomic mass is 10.1. The van der Waals surface area contributed by atoms with E-state index in [2.05, 4.69) is 10.3 Å². The number of furan rings is 1. The third kappa shape index (κ3) is 3.60. The highest BCUT2D eigenvalue weighted by Gasteiger charge is 2.16. The zero-order valence-corrected chi connectivity index (χ0v) is 13.8. The normalized spacial score (nSPS) is 10.6. The molecule has 0 aliphatic rings. The summed E-state index contributed by atoms with van der Waals surface area (Å²) in [6, 6.07) is 8.89. The first-order valence-electron chi connectivity index (χ1n) is 7.68. The molecule has 0 unspecified atom stereocenters. The fourth-order valence-electron chi connectivity index (χ4n) is 2.62. The minimum absolute atomic E-state index is 0.0498. The van der Waals surface area contributed by atoms with Crippen molar-refractivity contribution in [1.29, 1.82) is 0 Å². The Morgan fingerprint density at radius 1 is 1.20 bits per heavy atom. The summed E-state index contributed by atoms with van der Waals surface area (Å²) in [5, 5.41) is 2.69. The maximum atomic E-state index is 12.5. The van der Waals surface area contributed by atoms with Crippen LogP contribution in [0.25, 0.3) is 0 Å². The molecule has 1 aromatic carbocycles. The summed E-state index contributed by atoms with van der Waals surface area (Å²) in [6.07, 6.45) is 2.58. The summed E-state index contributed by atoms with van der Waals surface area (Å²) in [4.78, 5) is 39.3. The number of aromatic amines is 1. The molecule has 7 heteroatoms. The van der Waals surface area contributed by atoms with E-state index in [1.807, 2.05) is 19.9 Å².